The van der Waals surface area contributed by atoms with Crippen molar-refractivity contribution < 1.29 is 9.59 Å². The Morgan fingerprint density at radius 3 is 2.35 bits per heavy atom. The number of hydrogen-bond donors (Lipinski definition) is 0. The Hall–Kier alpha value is -2.93. The van der Waals surface area contributed by atoms with Gasteiger partial charge < -0.3 is 14.7 Å². The minimum absolute atomic E-state index is 0.0166. The average Bonchev–Trinajstić information content (AvgIpc) is 3.38. The second-order valence-corrected chi connectivity index (χ2v) is 9.09. The lowest BCUT2D eigenvalue weighted by molar-refractivity contribution is -0.137. The Kier molecular flexibility index (Phi) is 5.59. The van der Waals surface area contributed by atoms with Crippen molar-refractivity contribution in [1.82, 2.24) is 14.8 Å². The molecule has 0 bridgehead atoms. The van der Waals surface area contributed by atoms with Gasteiger partial charge in [0, 0.05) is 62.3 Å². The number of benzene rings is 2. The lowest BCUT2D eigenvalue weighted by atomic mass is 9.94. The van der Waals surface area contributed by atoms with Crippen LogP contribution < -0.4 is 4.90 Å². The van der Waals surface area contributed by atoms with E-state index in [1.54, 1.807) is 11.3 Å². The van der Waals surface area contributed by atoms with E-state index in [9.17, 15) is 9.59 Å². The number of carbonyl (C=O) groups excluding carboxylic acids is 2. The zero-order valence-electron chi connectivity index (χ0n) is 17.4. The highest BCUT2D eigenvalue weighted by Crippen LogP contribution is 2.26. The molecule has 0 aliphatic carbocycles. The van der Waals surface area contributed by atoms with Gasteiger partial charge in [0.1, 0.15) is 0 Å². The van der Waals surface area contributed by atoms with Gasteiger partial charge in [-0.05, 0) is 29.7 Å². The number of rotatable bonds is 3. The van der Waals surface area contributed by atoms with Gasteiger partial charge in [0.05, 0.1) is 0 Å². The molecule has 0 N–H and O–H groups in total. The van der Waals surface area contributed by atoms with E-state index in [0.717, 1.165) is 60.5 Å². The normalized spacial score (nSPS) is 17.9. The molecule has 3 aromatic rings. The number of aromatic nitrogens is 1. The molecule has 160 valence electrons. The van der Waals surface area contributed by atoms with E-state index in [4.69, 9.17) is 0 Å². The molecule has 0 atom stereocenters. The zero-order chi connectivity index (χ0) is 21.2. The van der Waals surface area contributed by atoms with Crippen LogP contribution in [0.5, 0.6) is 0 Å². The first kappa shape index (κ1) is 20.0. The maximum absolute atomic E-state index is 13.2. The van der Waals surface area contributed by atoms with Crippen molar-refractivity contribution in [2.45, 2.75) is 12.8 Å². The van der Waals surface area contributed by atoms with E-state index in [2.05, 4.69) is 9.88 Å². The number of carbonyl (C=O) groups is 2. The molecule has 2 amide bonds. The summed E-state index contributed by atoms with van der Waals surface area (Å²) in [5.41, 5.74) is 0.751. The second-order valence-electron chi connectivity index (χ2n) is 8.22. The Morgan fingerprint density at radius 1 is 0.871 bits per heavy atom. The summed E-state index contributed by atoms with van der Waals surface area (Å²) in [6, 6.07) is 13.9. The number of hydrogen-bond acceptors (Lipinski definition) is 5. The van der Waals surface area contributed by atoms with Gasteiger partial charge in [-0.25, -0.2) is 4.98 Å². The molecule has 0 radical (unpaired) electrons. The summed E-state index contributed by atoms with van der Waals surface area (Å²) in [6.45, 7) is 4.42. The first-order chi connectivity index (χ1) is 15.2. The second kappa shape index (κ2) is 8.67. The van der Waals surface area contributed by atoms with Crippen LogP contribution in [0.1, 0.15) is 23.2 Å². The Balaban J connectivity index is 1.18. The number of thiazole rings is 1. The molecule has 0 unspecified atom stereocenters. The molecule has 0 saturated carbocycles. The van der Waals surface area contributed by atoms with E-state index < -0.39 is 0 Å². The average molecular weight is 435 g/mol. The van der Waals surface area contributed by atoms with Crippen molar-refractivity contribution in [3.63, 3.8) is 0 Å². The van der Waals surface area contributed by atoms with Crippen LogP contribution in [0, 0.1) is 5.92 Å². The molecule has 5 rings (SSSR count). The highest BCUT2D eigenvalue weighted by molar-refractivity contribution is 7.13. The van der Waals surface area contributed by atoms with Crippen LogP contribution in [0.15, 0.2) is 54.0 Å². The van der Waals surface area contributed by atoms with E-state index >= 15 is 0 Å². The molecule has 7 heteroatoms. The van der Waals surface area contributed by atoms with Gasteiger partial charge in [-0.15, -0.1) is 11.3 Å². The minimum Gasteiger partial charge on any atom is -0.345 e. The Labute approximate surface area is 186 Å². The largest absolute Gasteiger partial charge is 0.345 e. The fourth-order valence-corrected chi connectivity index (χ4v) is 5.36. The van der Waals surface area contributed by atoms with Crippen LogP contribution in [0.2, 0.25) is 0 Å². The van der Waals surface area contributed by atoms with Gasteiger partial charge in [0.25, 0.3) is 5.91 Å². The van der Waals surface area contributed by atoms with Crippen molar-refractivity contribution >= 4 is 39.1 Å². The lowest BCUT2D eigenvalue weighted by Crippen LogP contribution is -2.52. The molecule has 2 aromatic carbocycles. The molecular formula is C24H26N4O2S. The summed E-state index contributed by atoms with van der Waals surface area (Å²) in [6.07, 6.45) is 3.30. The highest BCUT2D eigenvalue weighted by Gasteiger charge is 2.32. The summed E-state index contributed by atoms with van der Waals surface area (Å²) >= 11 is 1.64. The quantitative estimate of drug-likeness (QED) is 0.633. The molecular weight excluding hydrogens is 408 g/mol. The monoisotopic (exact) mass is 434 g/mol. The van der Waals surface area contributed by atoms with Gasteiger partial charge >= 0.3 is 0 Å². The number of likely N-dealkylation sites (tertiary alicyclic amines) is 1. The topological polar surface area (TPSA) is 56.8 Å². The molecule has 2 aliphatic heterocycles. The standard InChI is InChI=1S/C24H26N4O2S/c29-22(27-13-15-28(16-14-27)24-25-10-17-31-24)19-8-11-26(12-9-19)23(30)21-7-3-5-18-4-1-2-6-20(18)21/h1-7,10,17,19H,8-9,11-16H2. The number of amides is 2. The predicted octanol–water partition coefficient (Wildman–Crippen LogP) is 3.50. The van der Waals surface area contributed by atoms with Crippen LogP contribution in [-0.4, -0.2) is 65.9 Å². The van der Waals surface area contributed by atoms with Crippen LogP contribution in [0.25, 0.3) is 10.8 Å². The van der Waals surface area contributed by atoms with Crippen molar-refractivity contribution in [2.75, 3.05) is 44.2 Å². The summed E-state index contributed by atoms with van der Waals surface area (Å²) in [5, 5.41) is 5.09. The van der Waals surface area contributed by atoms with E-state index in [1.807, 2.05) is 63.8 Å². The summed E-state index contributed by atoms with van der Waals surface area (Å²) < 4.78 is 0. The van der Waals surface area contributed by atoms with Gasteiger partial charge in [0.15, 0.2) is 5.13 Å². The molecule has 31 heavy (non-hydrogen) atoms. The SMILES string of the molecule is O=C(c1cccc2ccccc12)N1CCC(C(=O)N2CCN(c3nccs3)CC2)CC1. The third kappa shape index (κ3) is 4.02. The Morgan fingerprint density at radius 2 is 1.61 bits per heavy atom. The lowest BCUT2D eigenvalue weighted by Gasteiger charge is -2.38. The highest BCUT2D eigenvalue weighted by atomic mass is 32.1. The van der Waals surface area contributed by atoms with Crippen LogP contribution >= 0.6 is 11.3 Å². The van der Waals surface area contributed by atoms with E-state index in [-0.39, 0.29) is 17.7 Å². The fraction of sp³-hybridized carbons (Fsp3) is 0.375. The van der Waals surface area contributed by atoms with Gasteiger partial charge in [-0.3, -0.25) is 9.59 Å². The third-order valence-electron chi connectivity index (χ3n) is 6.43. The van der Waals surface area contributed by atoms with Crippen LogP contribution in [-0.2, 0) is 4.79 Å². The summed E-state index contributed by atoms with van der Waals surface area (Å²) in [7, 11) is 0. The number of piperazine rings is 1. The molecule has 1 aromatic heterocycles. The molecule has 2 fully saturated rings. The summed E-state index contributed by atoms with van der Waals surface area (Å²) in [4.78, 5) is 36.7. The molecule has 2 saturated heterocycles. The number of nitrogens with zero attached hydrogens (tertiary/aromatic N) is 4. The maximum atomic E-state index is 13.2. The number of anilines is 1. The van der Waals surface area contributed by atoms with Crippen molar-refractivity contribution in [3.05, 3.63) is 59.6 Å². The van der Waals surface area contributed by atoms with Crippen molar-refractivity contribution in [3.8, 4) is 0 Å². The smallest absolute Gasteiger partial charge is 0.254 e. The molecule has 2 aliphatic rings. The number of fused-ring (bicyclic) bond motifs is 1. The number of piperidine rings is 1. The minimum atomic E-state index is 0.0166. The summed E-state index contributed by atoms with van der Waals surface area (Å²) in [5.74, 6) is 0.332. The molecule has 6 nitrogen and oxygen atoms in total. The zero-order valence-corrected chi connectivity index (χ0v) is 18.3. The van der Waals surface area contributed by atoms with Gasteiger partial charge in [-0.1, -0.05) is 36.4 Å². The van der Waals surface area contributed by atoms with Crippen LogP contribution in [0.3, 0.4) is 0 Å². The van der Waals surface area contributed by atoms with E-state index in [1.165, 1.54) is 0 Å². The first-order valence-electron chi connectivity index (χ1n) is 10.9. The maximum Gasteiger partial charge on any atom is 0.254 e. The van der Waals surface area contributed by atoms with Crippen molar-refractivity contribution in [2.24, 2.45) is 5.92 Å². The van der Waals surface area contributed by atoms with E-state index in [0.29, 0.717) is 13.1 Å². The van der Waals surface area contributed by atoms with Gasteiger partial charge in [-0.2, -0.15) is 0 Å². The first-order valence-corrected chi connectivity index (χ1v) is 11.8. The fourth-order valence-electron chi connectivity index (χ4n) is 4.66. The van der Waals surface area contributed by atoms with Crippen molar-refractivity contribution in [1.29, 1.82) is 0 Å². The van der Waals surface area contributed by atoms with Crippen LogP contribution in [0.4, 0.5) is 5.13 Å². The molecule has 3 heterocycles. The predicted molar refractivity (Wildman–Crippen MR) is 123 cm³/mol. The van der Waals surface area contributed by atoms with Gasteiger partial charge in [0.2, 0.25) is 5.91 Å². The Bertz CT molecular complexity index is 1060. The molecule has 0 spiro atoms. The third-order valence-corrected chi connectivity index (χ3v) is 7.26.